The van der Waals surface area contributed by atoms with Gasteiger partial charge >= 0.3 is 5.69 Å². The van der Waals surface area contributed by atoms with Gasteiger partial charge in [-0.1, -0.05) is 12.8 Å². The van der Waals surface area contributed by atoms with Crippen molar-refractivity contribution in [3.63, 3.8) is 0 Å². The second-order valence-corrected chi connectivity index (χ2v) is 7.99. The molecule has 26 heavy (non-hydrogen) atoms. The van der Waals surface area contributed by atoms with Crippen molar-refractivity contribution in [3.05, 3.63) is 33.8 Å². The number of nitrogens with zero attached hydrogens (tertiary/aromatic N) is 4. The molecule has 2 aromatic rings. The molecule has 7 nitrogen and oxygen atoms in total. The van der Waals surface area contributed by atoms with Crippen LogP contribution in [0.2, 0.25) is 0 Å². The van der Waals surface area contributed by atoms with Crippen molar-refractivity contribution in [1.29, 1.82) is 0 Å². The van der Waals surface area contributed by atoms with E-state index in [-0.39, 0.29) is 11.7 Å². The summed E-state index contributed by atoms with van der Waals surface area (Å²) in [6.45, 7) is 3.28. The summed E-state index contributed by atoms with van der Waals surface area (Å²) in [5.74, 6) is 1.37. The second-order valence-electron chi connectivity index (χ2n) is 7.99. The van der Waals surface area contributed by atoms with Crippen LogP contribution in [0.1, 0.15) is 68.7 Å². The number of fused-ring (bicyclic) bond motifs is 1. The van der Waals surface area contributed by atoms with E-state index < -0.39 is 0 Å². The molecule has 0 spiro atoms. The fraction of sp³-hybridized carbons (Fsp3) is 0.737. The van der Waals surface area contributed by atoms with Crippen LogP contribution in [0, 0.1) is 5.92 Å². The summed E-state index contributed by atoms with van der Waals surface area (Å²) in [6.07, 6.45) is 9.40. The minimum absolute atomic E-state index is 0.128. The topological polar surface area (TPSA) is 80.5 Å². The van der Waals surface area contributed by atoms with E-state index in [0.29, 0.717) is 12.0 Å². The van der Waals surface area contributed by atoms with Gasteiger partial charge in [0.1, 0.15) is 5.82 Å². The molecule has 2 aromatic heterocycles. The van der Waals surface area contributed by atoms with Crippen LogP contribution in [-0.4, -0.2) is 30.6 Å². The number of aryl methyl sites for hydroxylation is 2. The molecule has 7 heteroatoms. The van der Waals surface area contributed by atoms with Crippen LogP contribution in [0.15, 0.2) is 10.9 Å². The van der Waals surface area contributed by atoms with Gasteiger partial charge in [-0.25, -0.2) is 9.89 Å². The molecule has 1 saturated carbocycles. The SMILES string of the molecule is CC(N[C@@H]1CCCC[C@@H]1Cc1n[nH]c(=O)n1C)c1cc2n(n1)CCCC2. The third-order valence-corrected chi connectivity index (χ3v) is 6.17. The van der Waals surface area contributed by atoms with Gasteiger partial charge in [0.2, 0.25) is 0 Å². The largest absolute Gasteiger partial charge is 0.343 e. The molecule has 2 N–H and O–H groups in total. The van der Waals surface area contributed by atoms with E-state index in [4.69, 9.17) is 5.10 Å². The van der Waals surface area contributed by atoms with Gasteiger partial charge < -0.3 is 5.32 Å². The lowest BCUT2D eigenvalue weighted by Crippen LogP contribution is -2.41. The lowest BCUT2D eigenvalue weighted by atomic mass is 9.81. The highest BCUT2D eigenvalue weighted by molar-refractivity contribution is 5.15. The highest BCUT2D eigenvalue weighted by Crippen LogP contribution is 2.29. The average Bonchev–Trinajstić information content (AvgIpc) is 3.22. The predicted molar refractivity (Wildman–Crippen MR) is 100.0 cm³/mol. The second kappa shape index (κ2) is 7.39. The maximum Gasteiger partial charge on any atom is 0.343 e. The number of rotatable bonds is 5. The molecule has 1 unspecified atom stereocenters. The van der Waals surface area contributed by atoms with E-state index in [1.54, 1.807) is 11.6 Å². The Labute approximate surface area is 154 Å². The minimum atomic E-state index is -0.128. The summed E-state index contributed by atoms with van der Waals surface area (Å²) < 4.78 is 3.83. The Morgan fingerprint density at radius 1 is 1.31 bits per heavy atom. The number of hydrogen-bond acceptors (Lipinski definition) is 4. The maximum atomic E-state index is 11.6. The quantitative estimate of drug-likeness (QED) is 0.858. The predicted octanol–water partition coefficient (Wildman–Crippen LogP) is 2.09. The highest BCUT2D eigenvalue weighted by Gasteiger charge is 2.29. The molecule has 1 fully saturated rings. The van der Waals surface area contributed by atoms with Crippen LogP contribution in [-0.2, 0) is 26.4 Å². The van der Waals surface area contributed by atoms with Gasteiger partial charge in [-0.05, 0) is 51.0 Å². The van der Waals surface area contributed by atoms with Crippen LogP contribution in [0.4, 0.5) is 0 Å². The zero-order chi connectivity index (χ0) is 18.1. The maximum absolute atomic E-state index is 11.6. The Bertz CT molecular complexity index is 780. The first-order valence-electron chi connectivity index (χ1n) is 10.0. The van der Waals surface area contributed by atoms with Crippen LogP contribution >= 0.6 is 0 Å². The summed E-state index contributed by atoms with van der Waals surface area (Å²) in [4.78, 5) is 11.6. The van der Waals surface area contributed by atoms with Gasteiger partial charge in [-0.3, -0.25) is 9.25 Å². The van der Waals surface area contributed by atoms with E-state index in [1.807, 2.05) is 0 Å². The molecule has 3 heterocycles. The van der Waals surface area contributed by atoms with Crippen LogP contribution in [0.3, 0.4) is 0 Å². The molecule has 0 amide bonds. The molecule has 3 atom stereocenters. The summed E-state index contributed by atoms with van der Waals surface area (Å²) >= 11 is 0. The fourth-order valence-electron chi connectivity index (χ4n) is 4.53. The van der Waals surface area contributed by atoms with Crippen LogP contribution < -0.4 is 11.0 Å². The standard InChI is InChI=1S/C19H30N6O/c1-13(17-12-15-8-5-6-10-25(15)23-17)20-16-9-4-3-7-14(16)11-18-21-22-19(26)24(18)2/h12-14,16,20H,3-11H2,1-2H3,(H,22,26)/t13?,14-,16-/m1/s1. The first kappa shape index (κ1) is 17.5. The molecular formula is C19H30N6O. The average molecular weight is 358 g/mol. The van der Waals surface area contributed by atoms with E-state index in [9.17, 15) is 4.79 Å². The van der Waals surface area contributed by atoms with Gasteiger partial charge in [0.15, 0.2) is 0 Å². The Morgan fingerprint density at radius 2 is 2.15 bits per heavy atom. The van der Waals surface area contributed by atoms with E-state index in [2.05, 4.69) is 33.2 Å². The number of aromatic amines is 1. The van der Waals surface area contributed by atoms with Crippen molar-refractivity contribution in [2.45, 2.75) is 76.9 Å². The van der Waals surface area contributed by atoms with E-state index in [1.165, 1.54) is 49.9 Å². The summed E-state index contributed by atoms with van der Waals surface area (Å²) in [5.41, 5.74) is 2.42. The minimum Gasteiger partial charge on any atom is -0.306 e. The molecule has 0 radical (unpaired) electrons. The first-order valence-corrected chi connectivity index (χ1v) is 10.0. The monoisotopic (exact) mass is 358 g/mol. The Balaban J connectivity index is 1.45. The summed E-state index contributed by atoms with van der Waals surface area (Å²) in [6, 6.07) is 2.98. The third-order valence-electron chi connectivity index (χ3n) is 6.17. The van der Waals surface area contributed by atoms with Gasteiger partial charge in [0.25, 0.3) is 0 Å². The van der Waals surface area contributed by atoms with Crippen molar-refractivity contribution in [2.24, 2.45) is 13.0 Å². The van der Waals surface area contributed by atoms with Crippen molar-refractivity contribution < 1.29 is 0 Å². The molecule has 142 valence electrons. The smallest absolute Gasteiger partial charge is 0.306 e. The van der Waals surface area contributed by atoms with Crippen LogP contribution in [0.25, 0.3) is 0 Å². The molecule has 1 aliphatic heterocycles. The number of nitrogens with one attached hydrogen (secondary N) is 2. The summed E-state index contributed by atoms with van der Waals surface area (Å²) in [7, 11) is 1.80. The van der Waals surface area contributed by atoms with Gasteiger partial charge in [-0.15, -0.1) is 0 Å². The Hall–Kier alpha value is -1.89. The number of aromatic nitrogens is 5. The third kappa shape index (κ3) is 3.49. The van der Waals surface area contributed by atoms with Gasteiger partial charge in [0.05, 0.1) is 5.69 Å². The van der Waals surface area contributed by atoms with Gasteiger partial charge in [0, 0.05) is 37.8 Å². The van der Waals surface area contributed by atoms with Crippen molar-refractivity contribution in [3.8, 4) is 0 Å². The molecule has 0 bridgehead atoms. The van der Waals surface area contributed by atoms with E-state index in [0.717, 1.165) is 25.2 Å². The zero-order valence-corrected chi connectivity index (χ0v) is 15.9. The van der Waals surface area contributed by atoms with Crippen molar-refractivity contribution in [1.82, 2.24) is 29.9 Å². The Kier molecular flexibility index (Phi) is 4.98. The number of H-pyrrole nitrogens is 1. The molecule has 2 aliphatic rings. The van der Waals surface area contributed by atoms with Crippen molar-refractivity contribution >= 4 is 0 Å². The Morgan fingerprint density at radius 3 is 2.92 bits per heavy atom. The van der Waals surface area contributed by atoms with E-state index >= 15 is 0 Å². The fourth-order valence-corrected chi connectivity index (χ4v) is 4.53. The van der Waals surface area contributed by atoms with Gasteiger partial charge in [-0.2, -0.15) is 10.2 Å². The lowest BCUT2D eigenvalue weighted by Gasteiger charge is -2.34. The van der Waals surface area contributed by atoms with Crippen LogP contribution in [0.5, 0.6) is 0 Å². The highest BCUT2D eigenvalue weighted by atomic mass is 16.1. The normalized spacial score (nSPS) is 24.4. The molecule has 0 saturated heterocycles. The molecule has 4 rings (SSSR count). The molecule has 1 aliphatic carbocycles. The summed E-state index contributed by atoms with van der Waals surface area (Å²) in [5, 5.41) is 15.4. The molecule has 0 aromatic carbocycles. The zero-order valence-electron chi connectivity index (χ0n) is 15.9. The number of hydrogen-bond donors (Lipinski definition) is 2. The lowest BCUT2D eigenvalue weighted by molar-refractivity contribution is 0.239. The van der Waals surface area contributed by atoms with Crippen molar-refractivity contribution in [2.75, 3.05) is 0 Å². The first-order chi connectivity index (χ1) is 12.6. The molecular weight excluding hydrogens is 328 g/mol.